The Bertz CT molecular complexity index is 3350. The summed E-state index contributed by atoms with van der Waals surface area (Å²) in [6.07, 6.45) is 4.36. The smallest absolute Gasteiger partial charge is 0.336 e. The fraction of sp³-hybridized carbons (Fsp3) is 0.236. The van der Waals surface area contributed by atoms with Gasteiger partial charge in [0.2, 0.25) is 0 Å². The van der Waals surface area contributed by atoms with Gasteiger partial charge in [0.15, 0.2) is 0 Å². The van der Waals surface area contributed by atoms with Gasteiger partial charge in [-0.2, -0.15) is 0 Å². The lowest BCUT2D eigenvalue weighted by Crippen LogP contribution is -2.26. The van der Waals surface area contributed by atoms with Crippen molar-refractivity contribution in [2.45, 2.75) is 84.8 Å². The van der Waals surface area contributed by atoms with Gasteiger partial charge in [0.25, 0.3) is 0 Å². The number of benzene rings is 5. The molecule has 1 aliphatic rings. The maximum atomic E-state index is 13.0. The van der Waals surface area contributed by atoms with Crippen LogP contribution in [0.5, 0.6) is 5.75 Å². The molecule has 0 spiro atoms. The van der Waals surface area contributed by atoms with E-state index < -0.39 is 11.9 Å². The van der Waals surface area contributed by atoms with Gasteiger partial charge < -0.3 is 20.3 Å². The quantitative estimate of drug-likeness (QED) is 0.117. The van der Waals surface area contributed by atoms with E-state index in [0.717, 1.165) is 95.7 Å². The molecule has 3 N–H and O–H groups in total. The number of carbonyl (C=O) groups is 2. The summed E-state index contributed by atoms with van der Waals surface area (Å²) in [6.45, 7) is 10.2. The Balaban J connectivity index is 0.894. The highest BCUT2D eigenvalue weighted by atomic mass is 32.1. The topological polar surface area (TPSA) is 122 Å². The lowest BCUT2D eigenvalue weighted by atomic mass is 9.81. The molecular formula is C55H49N3O5S2. The molecule has 10 heteroatoms. The van der Waals surface area contributed by atoms with Crippen LogP contribution in [-0.4, -0.2) is 38.2 Å². The maximum Gasteiger partial charge on any atom is 0.336 e. The van der Waals surface area contributed by atoms with Gasteiger partial charge in [-0.25, -0.2) is 19.6 Å². The van der Waals surface area contributed by atoms with E-state index in [1.54, 1.807) is 34.8 Å². The average Bonchev–Trinajstić information content (AvgIpc) is 3.85. The van der Waals surface area contributed by atoms with Crippen molar-refractivity contribution in [3.8, 4) is 26.9 Å². The van der Waals surface area contributed by atoms with Crippen molar-refractivity contribution in [3.05, 3.63) is 154 Å². The molecule has 4 heterocycles. The zero-order valence-corrected chi connectivity index (χ0v) is 38.6. The minimum Gasteiger partial charge on any atom is -0.485 e. The third kappa shape index (κ3) is 7.68. The van der Waals surface area contributed by atoms with Crippen LogP contribution < -0.4 is 10.1 Å². The number of thiophene rings is 2. The molecule has 0 aliphatic heterocycles. The first-order valence-corrected chi connectivity index (χ1v) is 24.0. The Kier molecular flexibility index (Phi) is 11.1. The fourth-order valence-electron chi connectivity index (χ4n) is 9.89. The molecule has 0 radical (unpaired) electrons. The Labute approximate surface area is 385 Å². The SMILES string of the molecule is CCc1ccc(NC2CCCC(c3ccc([C@@H](C)Oc4ccc(C)c5nc(-c6sc7ccccc7c6C)cc(C(=O)O)c45)cc3)C2)c2c(C(=O)O)cc(-c3sc4ccccc4c3C)nc12. The minimum absolute atomic E-state index is 0.146. The number of nitrogens with one attached hydrogen (secondary N) is 1. The summed E-state index contributed by atoms with van der Waals surface area (Å²) < 4.78 is 8.92. The van der Waals surface area contributed by atoms with Crippen molar-refractivity contribution in [1.82, 2.24) is 9.97 Å². The van der Waals surface area contributed by atoms with Crippen LogP contribution in [-0.2, 0) is 6.42 Å². The van der Waals surface area contributed by atoms with E-state index in [9.17, 15) is 19.8 Å². The minimum atomic E-state index is -1.03. The first kappa shape index (κ1) is 42.3. The molecule has 2 unspecified atom stereocenters. The number of anilines is 1. The van der Waals surface area contributed by atoms with Crippen molar-refractivity contribution in [2.75, 3.05) is 5.32 Å². The number of ether oxygens (including phenoxy) is 1. The number of nitrogens with zero attached hydrogens (tertiary/aromatic N) is 2. The van der Waals surface area contributed by atoms with E-state index in [1.807, 2.05) is 56.3 Å². The summed E-state index contributed by atoms with van der Waals surface area (Å²) in [4.78, 5) is 38.2. The predicted molar refractivity (Wildman–Crippen MR) is 267 cm³/mol. The van der Waals surface area contributed by atoms with Crippen molar-refractivity contribution in [1.29, 1.82) is 0 Å². The Hall–Kier alpha value is -6.62. The van der Waals surface area contributed by atoms with Crippen LogP contribution in [0.3, 0.4) is 0 Å². The summed E-state index contributed by atoms with van der Waals surface area (Å²) in [5, 5.41) is 28.5. The molecule has 326 valence electrons. The van der Waals surface area contributed by atoms with Crippen LogP contribution in [0.1, 0.15) is 106 Å². The summed E-state index contributed by atoms with van der Waals surface area (Å²) in [5.74, 6) is -1.19. The number of carboxylic acid groups (broad SMARTS) is 2. The summed E-state index contributed by atoms with van der Waals surface area (Å²) in [7, 11) is 0. The number of hydrogen-bond acceptors (Lipinski definition) is 8. The van der Waals surface area contributed by atoms with Gasteiger partial charge >= 0.3 is 11.9 Å². The highest BCUT2D eigenvalue weighted by Crippen LogP contribution is 2.43. The molecule has 1 aliphatic carbocycles. The second kappa shape index (κ2) is 17.1. The summed E-state index contributed by atoms with van der Waals surface area (Å²) >= 11 is 3.28. The van der Waals surface area contributed by atoms with E-state index in [0.29, 0.717) is 39.3 Å². The van der Waals surface area contributed by atoms with Crippen molar-refractivity contribution < 1.29 is 24.5 Å². The second-order valence-electron chi connectivity index (χ2n) is 17.4. The van der Waals surface area contributed by atoms with Crippen LogP contribution in [0.25, 0.3) is 63.1 Å². The number of fused-ring (bicyclic) bond motifs is 4. The Morgan fingerprint density at radius 3 is 1.94 bits per heavy atom. The van der Waals surface area contributed by atoms with Crippen molar-refractivity contribution in [3.63, 3.8) is 0 Å². The molecule has 1 fully saturated rings. The lowest BCUT2D eigenvalue weighted by molar-refractivity contribution is 0.0688. The highest BCUT2D eigenvalue weighted by Gasteiger charge is 2.27. The standard InChI is InChI=1S/C55H49N3O5S2/c1-6-33-23-24-42(48-40(54(59)60)27-44(58-51(33)48)53-31(4)39-15-8-10-17-47(39)65-53)56-37-13-11-12-36(26-37)35-21-19-34(20-22-35)32(5)63-45-25-18-29(2)50-49(45)41(55(61)62)28-43(57-50)52-30(3)38-14-7-9-16-46(38)64-52/h7-10,14-25,27-28,32,36-37,56H,6,11-13,26H2,1-5H3,(H,59,60)(H,61,62)/t32-,36?,37?/m1/s1. The van der Waals surface area contributed by atoms with Crippen LogP contribution >= 0.6 is 22.7 Å². The monoisotopic (exact) mass is 895 g/mol. The summed E-state index contributed by atoms with van der Waals surface area (Å²) in [6, 6.07) is 36.6. The van der Waals surface area contributed by atoms with Crippen LogP contribution in [0, 0.1) is 20.8 Å². The number of hydrogen-bond donors (Lipinski definition) is 3. The van der Waals surface area contributed by atoms with Gasteiger partial charge in [-0.15, -0.1) is 22.7 Å². The molecule has 1 saturated carbocycles. The molecule has 9 aromatic rings. The number of aryl methyl sites for hydroxylation is 4. The van der Waals surface area contributed by atoms with Gasteiger partial charge in [-0.05, 0) is 140 Å². The normalized spacial score (nSPS) is 15.8. The molecule has 3 atom stereocenters. The molecule has 5 aromatic carbocycles. The molecule has 0 bridgehead atoms. The van der Waals surface area contributed by atoms with Crippen LogP contribution in [0.15, 0.2) is 109 Å². The van der Waals surface area contributed by atoms with Crippen molar-refractivity contribution >= 4 is 82.3 Å². The van der Waals surface area contributed by atoms with Gasteiger partial charge in [-0.3, -0.25) is 0 Å². The number of aromatic nitrogens is 2. The predicted octanol–water partition coefficient (Wildman–Crippen LogP) is 14.7. The number of rotatable bonds is 11. The van der Waals surface area contributed by atoms with Gasteiger partial charge in [-0.1, -0.05) is 86.1 Å². The van der Waals surface area contributed by atoms with Gasteiger partial charge in [0.05, 0.1) is 48.7 Å². The van der Waals surface area contributed by atoms with Gasteiger partial charge in [0, 0.05) is 26.5 Å². The highest BCUT2D eigenvalue weighted by molar-refractivity contribution is 7.22. The molecule has 8 nitrogen and oxygen atoms in total. The molecule has 0 saturated heterocycles. The largest absolute Gasteiger partial charge is 0.485 e. The maximum absolute atomic E-state index is 13.0. The molecule has 10 rings (SSSR count). The van der Waals surface area contributed by atoms with E-state index in [4.69, 9.17) is 14.7 Å². The van der Waals surface area contributed by atoms with E-state index in [2.05, 4.69) is 80.7 Å². The van der Waals surface area contributed by atoms with Crippen LogP contribution in [0.2, 0.25) is 0 Å². The third-order valence-corrected chi connectivity index (χ3v) is 16.0. The molecule has 4 aromatic heterocycles. The lowest BCUT2D eigenvalue weighted by Gasteiger charge is -2.31. The van der Waals surface area contributed by atoms with E-state index in [-0.39, 0.29) is 23.3 Å². The van der Waals surface area contributed by atoms with Gasteiger partial charge in [0.1, 0.15) is 11.9 Å². The Morgan fingerprint density at radius 1 is 0.738 bits per heavy atom. The first-order valence-electron chi connectivity index (χ1n) is 22.3. The molecular weight excluding hydrogens is 847 g/mol. The number of pyridine rings is 2. The zero-order chi connectivity index (χ0) is 45.1. The number of aromatic carboxylic acids is 2. The zero-order valence-electron chi connectivity index (χ0n) is 37.0. The molecule has 65 heavy (non-hydrogen) atoms. The summed E-state index contributed by atoms with van der Waals surface area (Å²) in [5.41, 5.74) is 10.3. The third-order valence-electron chi connectivity index (χ3n) is 13.4. The van der Waals surface area contributed by atoms with E-state index >= 15 is 0 Å². The first-order chi connectivity index (χ1) is 31.5. The molecule has 0 amide bonds. The fourth-order valence-corrected chi connectivity index (χ4v) is 12.2. The Morgan fingerprint density at radius 2 is 1.34 bits per heavy atom. The van der Waals surface area contributed by atoms with E-state index in [1.165, 1.54) is 10.9 Å². The average molecular weight is 896 g/mol. The second-order valence-corrected chi connectivity index (χ2v) is 19.5. The van der Waals surface area contributed by atoms with Crippen LogP contribution in [0.4, 0.5) is 5.69 Å². The van der Waals surface area contributed by atoms with Crippen molar-refractivity contribution in [2.24, 2.45) is 0 Å². The number of carboxylic acids is 2.